The summed E-state index contributed by atoms with van der Waals surface area (Å²) in [5.74, 6) is 12.1. The zero-order valence-corrected chi connectivity index (χ0v) is 14.6. The van der Waals surface area contributed by atoms with Gasteiger partial charge in [0.25, 0.3) is 0 Å². The Balaban J connectivity index is 2.56. The second-order valence-electron chi connectivity index (χ2n) is 6.26. The summed E-state index contributed by atoms with van der Waals surface area (Å²) in [6, 6.07) is 0. The van der Waals surface area contributed by atoms with Crippen molar-refractivity contribution in [2.45, 2.75) is 31.2 Å². The fourth-order valence-corrected chi connectivity index (χ4v) is 2.10. The van der Waals surface area contributed by atoms with E-state index in [1.807, 2.05) is 0 Å². The Morgan fingerprint density at radius 1 is 1.00 bits per heavy atom. The predicted molar refractivity (Wildman–Crippen MR) is 89.5 cm³/mol. The van der Waals surface area contributed by atoms with E-state index in [-0.39, 0.29) is 5.57 Å². The molecule has 0 spiro atoms. The number of rotatable bonds is 4. The number of likely N-dealkylation sites (N-methyl/N-ethyl adjacent to an activating group) is 1. The Morgan fingerprint density at radius 2 is 1.50 bits per heavy atom. The standard InChI is InChI=1S/C19H23NO4/c1-20(2)19(11-9-14-5-6-14,12-10-15-7-8-15)16(18(22)24-4)13-17(21)23-3/h13-15H,5-8H2,1-4H3/b16-13+. The van der Waals surface area contributed by atoms with Gasteiger partial charge in [-0.3, -0.25) is 4.90 Å². The monoisotopic (exact) mass is 329 g/mol. The molecule has 0 radical (unpaired) electrons. The van der Waals surface area contributed by atoms with Gasteiger partial charge in [-0.25, -0.2) is 9.59 Å². The van der Waals surface area contributed by atoms with E-state index in [9.17, 15) is 9.59 Å². The van der Waals surface area contributed by atoms with Crippen LogP contribution in [0.15, 0.2) is 11.6 Å². The van der Waals surface area contributed by atoms with Crippen molar-refractivity contribution in [1.29, 1.82) is 0 Å². The zero-order chi connectivity index (χ0) is 17.7. The summed E-state index contributed by atoms with van der Waals surface area (Å²) in [6.07, 6.45) is 5.36. The summed E-state index contributed by atoms with van der Waals surface area (Å²) in [5.41, 5.74) is -1.10. The molecular formula is C19H23NO4. The van der Waals surface area contributed by atoms with E-state index in [1.54, 1.807) is 19.0 Å². The molecular weight excluding hydrogens is 306 g/mol. The first-order chi connectivity index (χ1) is 11.4. The van der Waals surface area contributed by atoms with Gasteiger partial charge in [0.1, 0.15) is 0 Å². The third-order valence-electron chi connectivity index (χ3n) is 4.00. The van der Waals surface area contributed by atoms with Gasteiger partial charge in [-0.1, -0.05) is 23.7 Å². The molecule has 128 valence electrons. The molecule has 0 atom stereocenters. The lowest BCUT2D eigenvalue weighted by Gasteiger charge is -2.31. The minimum atomic E-state index is -1.19. The Kier molecular flexibility index (Phi) is 5.70. The molecule has 2 aliphatic carbocycles. The predicted octanol–water partition coefficient (Wildman–Crippen LogP) is 1.39. The molecule has 2 fully saturated rings. The van der Waals surface area contributed by atoms with Gasteiger partial charge in [-0.15, -0.1) is 0 Å². The van der Waals surface area contributed by atoms with Crippen molar-refractivity contribution < 1.29 is 19.1 Å². The smallest absolute Gasteiger partial charge is 0.337 e. The molecule has 0 aromatic heterocycles. The van der Waals surface area contributed by atoms with Crippen LogP contribution in [0.5, 0.6) is 0 Å². The van der Waals surface area contributed by atoms with Crippen LogP contribution in [-0.2, 0) is 19.1 Å². The maximum atomic E-state index is 12.4. The lowest BCUT2D eigenvalue weighted by molar-refractivity contribution is -0.139. The van der Waals surface area contributed by atoms with Crippen molar-refractivity contribution in [3.05, 3.63) is 11.6 Å². The van der Waals surface area contributed by atoms with Crippen LogP contribution in [-0.4, -0.2) is 50.7 Å². The molecule has 2 rings (SSSR count). The third-order valence-corrected chi connectivity index (χ3v) is 4.00. The third kappa shape index (κ3) is 4.40. The van der Waals surface area contributed by atoms with Crippen molar-refractivity contribution in [2.75, 3.05) is 28.3 Å². The molecule has 2 saturated carbocycles. The topological polar surface area (TPSA) is 55.8 Å². The highest BCUT2D eigenvalue weighted by Crippen LogP contribution is 2.31. The highest BCUT2D eigenvalue weighted by atomic mass is 16.5. The molecule has 0 aromatic carbocycles. The number of carbonyl (C=O) groups is 2. The van der Waals surface area contributed by atoms with Gasteiger partial charge in [0.15, 0.2) is 5.54 Å². The molecule has 0 amide bonds. The summed E-state index contributed by atoms with van der Waals surface area (Å²) in [5, 5.41) is 0. The van der Waals surface area contributed by atoms with Crippen molar-refractivity contribution in [2.24, 2.45) is 11.8 Å². The van der Waals surface area contributed by atoms with Crippen LogP contribution >= 0.6 is 0 Å². The van der Waals surface area contributed by atoms with Gasteiger partial charge >= 0.3 is 11.9 Å². The molecule has 0 heterocycles. The lowest BCUT2D eigenvalue weighted by Crippen LogP contribution is -2.46. The number of carbonyl (C=O) groups excluding carboxylic acids is 2. The second-order valence-corrected chi connectivity index (χ2v) is 6.26. The molecule has 0 saturated heterocycles. The normalized spacial score (nSPS) is 17.3. The number of hydrogen-bond acceptors (Lipinski definition) is 5. The van der Waals surface area contributed by atoms with Gasteiger partial charge in [0.05, 0.1) is 19.8 Å². The molecule has 24 heavy (non-hydrogen) atoms. The average Bonchev–Trinajstić information content (AvgIpc) is 3.46. The van der Waals surface area contributed by atoms with Crippen LogP contribution in [0.1, 0.15) is 25.7 Å². The molecule has 0 N–H and O–H groups in total. The number of nitrogens with zero attached hydrogens (tertiary/aromatic N) is 1. The Labute approximate surface area is 143 Å². The molecule has 0 aliphatic heterocycles. The number of hydrogen-bond donors (Lipinski definition) is 0. The van der Waals surface area contributed by atoms with Gasteiger partial charge in [-0.05, 0) is 39.8 Å². The maximum absolute atomic E-state index is 12.4. The molecule has 5 nitrogen and oxygen atoms in total. The fourth-order valence-electron chi connectivity index (χ4n) is 2.10. The lowest BCUT2D eigenvalue weighted by atomic mass is 9.88. The van der Waals surface area contributed by atoms with E-state index >= 15 is 0 Å². The minimum Gasteiger partial charge on any atom is -0.466 e. The Hall–Kier alpha value is -2.24. The van der Waals surface area contributed by atoms with E-state index < -0.39 is 17.5 Å². The van der Waals surface area contributed by atoms with Crippen LogP contribution in [0.25, 0.3) is 0 Å². The molecule has 0 bridgehead atoms. The maximum Gasteiger partial charge on any atom is 0.337 e. The van der Waals surface area contributed by atoms with Crippen molar-refractivity contribution in [3.63, 3.8) is 0 Å². The Morgan fingerprint density at radius 3 is 1.83 bits per heavy atom. The quantitative estimate of drug-likeness (QED) is 0.443. The van der Waals surface area contributed by atoms with E-state index in [4.69, 9.17) is 4.74 Å². The second kappa shape index (κ2) is 7.55. The summed E-state index contributed by atoms with van der Waals surface area (Å²) in [4.78, 5) is 25.9. The molecule has 5 heteroatoms. The molecule has 2 aliphatic rings. The fraction of sp³-hybridized carbons (Fsp3) is 0.579. The van der Waals surface area contributed by atoms with Gasteiger partial charge in [-0.2, -0.15) is 0 Å². The molecule has 0 unspecified atom stereocenters. The van der Waals surface area contributed by atoms with Crippen molar-refractivity contribution in [3.8, 4) is 23.7 Å². The highest BCUT2D eigenvalue weighted by Gasteiger charge is 2.40. The van der Waals surface area contributed by atoms with E-state index in [0.717, 1.165) is 31.8 Å². The minimum absolute atomic E-state index is 0.0863. The highest BCUT2D eigenvalue weighted by molar-refractivity contribution is 6.00. The number of methoxy groups -OCH3 is 2. The summed E-state index contributed by atoms with van der Waals surface area (Å²) >= 11 is 0. The van der Waals surface area contributed by atoms with Gasteiger partial charge in [0.2, 0.25) is 0 Å². The molecule has 0 aromatic rings. The summed E-state index contributed by atoms with van der Waals surface area (Å²) in [7, 11) is 6.11. The summed E-state index contributed by atoms with van der Waals surface area (Å²) in [6.45, 7) is 0. The first-order valence-corrected chi connectivity index (χ1v) is 8.04. The number of ether oxygens (including phenoxy) is 2. The van der Waals surface area contributed by atoms with E-state index in [2.05, 4.69) is 28.4 Å². The Bertz CT molecular complexity index is 631. The van der Waals surface area contributed by atoms with Crippen LogP contribution in [0.3, 0.4) is 0 Å². The average molecular weight is 329 g/mol. The SMILES string of the molecule is COC(=O)/C=C(\C(=O)OC)C(C#CC1CC1)(C#CC1CC1)N(C)C. The van der Waals surface area contributed by atoms with Crippen LogP contribution < -0.4 is 0 Å². The zero-order valence-electron chi connectivity index (χ0n) is 14.6. The van der Waals surface area contributed by atoms with Crippen LogP contribution in [0, 0.1) is 35.5 Å². The number of esters is 2. The summed E-state index contributed by atoms with van der Waals surface area (Å²) < 4.78 is 9.57. The first kappa shape index (κ1) is 18.1. The van der Waals surface area contributed by atoms with Crippen LogP contribution in [0.4, 0.5) is 0 Å². The van der Waals surface area contributed by atoms with E-state index in [1.165, 1.54) is 14.2 Å². The van der Waals surface area contributed by atoms with Crippen LogP contribution in [0.2, 0.25) is 0 Å². The van der Waals surface area contributed by atoms with Crippen molar-refractivity contribution in [1.82, 2.24) is 4.90 Å². The van der Waals surface area contributed by atoms with Gasteiger partial charge in [0, 0.05) is 17.9 Å². The van der Waals surface area contributed by atoms with E-state index in [0.29, 0.717) is 11.8 Å². The largest absolute Gasteiger partial charge is 0.466 e. The van der Waals surface area contributed by atoms with Crippen molar-refractivity contribution >= 4 is 11.9 Å². The first-order valence-electron chi connectivity index (χ1n) is 8.04. The van der Waals surface area contributed by atoms with Gasteiger partial charge < -0.3 is 9.47 Å².